The molecule has 0 aliphatic carbocycles. The van der Waals surface area contributed by atoms with Crippen LogP contribution in [-0.2, 0) is 0 Å². The minimum Gasteiger partial charge on any atom is -0.266 e. The highest BCUT2D eigenvalue weighted by Crippen LogP contribution is 2.09. The lowest BCUT2D eigenvalue weighted by Gasteiger charge is -2.07. The highest BCUT2D eigenvalue weighted by atomic mass is 14.7. The summed E-state index contributed by atoms with van der Waals surface area (Å²) in [6.07, 6.45) is 5.16. The lowest BCUT2D eigenvalue weighted by molar-refractivity contribution is 0.753. The Balaban J connectivity index is 2.59. The van der Waals surface area contributed by atoms with Crippen LogP contribution >= 0.6 is 0 Å². The van der Waals surface area contributed by atoms with E-state index in [9.17, 15) is 0 Å². The van der Waals surface area contributed by atoms with E-state index >= 15 is 0 Å². The van der Waals surface area contributed by atoms with E-state index in [0.29, 0.717) is 5.92 Å². The summed E-state index contributed by atoms with van der Waals surface area (Å²) in [7, 11) is 0. The monoisotopic (exact) mass is 109 g/mol. The standard InChI is InChI=1S/C7H11N/c1-6-3-4-8-7(2)5-6/h3-4,6H,5H2,1-2H3/t6-/m1/s1. The van der Waals surface area contributed by atoms with E-state index in [1.54, 1.807) is 0 Å². The van der Waals surface area contributed by atoms with Crippen molar-refractivity contribution in [3.8, 4) is 0 Å². The molecule has 0 fully saturated rings. The van der Waals surface area contributed by atoms with Gasteiger partial charge < -0.3 is 0 Å². The molecule has 1 rings (SSSR count). The second-order valence-corrected chi connectivity index (χ2v) is 2.39. The number of hydrogen-bond donors (Lipinski definition) is 0. The van der Waals surface area contributed by atoms with Crippen molar-refractivity contribution in [2.24, 2.45) is 10.9 Å². The van der Waals surface area contributed by atoms with Crippen molar-refractivity contribution < 1.29 is 0 Å². The zero-order valence-corrected chi connectivity index (χ0v) is 5.39. The van der Waals surface area contributed by atoms with Gasteiger partial charge in [0.15, 0.2) is 0 Å². The van der Waals surface area contributed by atoms with Crippen LogP contribution in [0.15, 0.2) is 17.3 Å². The molecule has 1 nitrogen and oxygen atoms in total. The molecule has 0 spiro atoms. The number of nitrogens with zero attached hydrogens (tertiary/aromatic N) is 1. The normalized spacial score (nSPS) is 27.8. The van der Waals surface area contributed by atoms with Gasteiger partial charge in [-0.15, -0.1) is 0 Å². The maximum atomic E-state index is 4.12. The topological polar surface area (TPSA) is 12.4 Å². The van der Waals surface area contributed by atoms with Crippen LogP contribution in [0.4, 0.5) is 0 Å². The predicted molar refractivity (Wildman–Crippen MR) is 36.0 cm³/mol. The van der Waals surface area contributed by atoms with Crippen molar-refractivity contribution in [3.63, 3.8) is 0 Å². The molecule has 0 aromatic rings. The maximum absolute atomic E-state index is 4.12. The molecule has 1 heteroatoms. The third kappa shape index (κ3) is 1.19. The van der Waals surface area contributed by atoms with Crippen molar-refractivity contribution in [2.45, 2.75) is 20.3 Å². The number of aliphatic imine (C=N–C) groups is 1. The molecule has 0 aromatic heterocycles. The highest BCUT2D eigenvalue weighted by Gasteiger charge is 2.01. The fourth-order valence-corrected chi connectivity index (χ4v) is 0.904. The Kier molecular flexibility index (Phi) is 1.47. The van der Waals surface area contributed by atoms with Crippen LogP contribution in [0.5, 0.6) is 0 Å². The molecular formula is C7H11N. The van der Waals surface area contributed by atoms with Gasteiger partial charge in [-0.2, -0.15) is 0 Å². The van der Waals surface area contributed by atoms with Gasteiger partial charge in [0.2, 0.25) is 0 Å². The van der Waals surface area contributed by atoms with Crippen LogP contribution in [-0.4, -0.2) is 5.71 Å². The zero-order valence-electron chi connectivity index (χ0n) is 5.39. The molecule has 0 radical (unpaired) electrons. The van der Waals surface area contributed by atoms with Gasteiger partial charge in [0.1, 0.15) is 0 Å². The van der Waals surface area contributed by atoms with Gasteiger partial charge in [0.25, 0.3) is 0 Å². The second-order valence-electron chi connectivity index (χ2n) is 2.39. The molecule has 1 atom stereocenters. The Morgan fingerprint density at radius 3 is 2.88 bits per heavy atom. The van der Waals surface area contributed by atoms with Crippen molar-refractivity contribution in [3.05, 3.63) is 12.3 Å². The van der Waals surface area contributed by atoms with Gasteiger partial charge in [-0.1, -0.05) is 13.0 Å². The first-order valence-electron chi connectivity index (χ1n) is 2.99. The van der Waals surface area contributed by atoms with E-state index in [-0.39, 0.29) is 0 Å². The Bertz CT molecular complexity index is 133. The van der Waals surface area contributed by atoms with Gasteiger partial charge in [-0.25, -0.2) is 0 Å². The number of allylic oxidation sites excluding steroid dienone is 1. The summed E-state index contributed by atoms with van der Waals surface area (Å²) < 4.78 is 0. The smallest absolute Gasteiger partial charge is 0.0229 e. The number of hydrogen-bond acceptors (Lipinski definition) is 1. The largest absolute Gasteiger partial charge is 0.266 e. The second kappa shape index (κ2) is 2.12. The average Bonchev–Trinajstić information content (AvgIpc) is 1.64. The van der Waals surface area contributed by atoms with Crippen LogP contribution in [0, 0.1) is 5.92 Å². The highest BCUT2D eigenvalue weighted by molar-refractivity contribution is 5.83. The summed E-state index contributed by atoms with van der Waals surface area (Å²) >= 11 is 0. The predicted octanol–water partition coefficient (Wildman–Crippen LogP) is 2.00. The van der Waals surface area contributed by atoms with E-state index in [2.05, 4.69) is 24.9 Å². The summed E-state index contributed by atoms with van der Waals surface area (Å²) in [5.41, 5.74) is 1.25. The Labute approximate surface area is 50.1 Å². The Hall–Kier alpha value is -0.590. The van der Waals surface area contributed by atoms with Gasteiger partial charge in [0, 0.05) is 11.9 Å². The van der Waals surface area contributed by atoms with Gasteiger partial charge in [0.05, 0.1) is 0 Å². The van der Waals surface area contributed by atoms with E-state index in [4.69, 9.17) is 0 Å². The fourth-order valence-electron chi connectivity index (χ4n) is 0.904. The average molecular weight is 109 g/mol. The molecule has 0 aromatic carbocycles. The summed E-state index contributed by atoms with van der Waals surface area (Å²) in [6, 6.07) is 0. The molecule has 0 bridgehead atoms. The van der Waals surface area contributed by atoms with Crippen molar-refractivity contribution in [1.29, 1.82) is 0 Å². The zero-order chi connectivity index (χ0) is 5.98. The molecule has 0 N–H and O–H groups in total. The SMILES string of the molecule is CC1=NC=C[C@@H](C)C1. The van der Waals surface area contributed by atoms with E-state index < -0.39 is 0 Å². The van der Waals surface area contributed by atoms with Crippen molar-refractivity contribution >= 4 is 5.71 Å². The molecule has 0 saturated heterocycles. The molecule has 44 valence electrons. The first-order chi connectivity index (χ1) is 3.79. The molecule has 0 saturated carbocycles. The third-order valence-electron chi connectivity index (χ3n) is 1.33. The third-order valence-corrected chi connectivity index (χ3v) is 1.33. The van der Waals surface area contributed by atoms with Crippen LogP contribution in [0.1, 0.15) is 20.3 Å². The molecule has 8 heavy (non-hydrogen) atoms. The quantitative estimate of drug-likeness (QED) is 0.451. The minimum absolute atomic E-state index is 0.701. The first kappa shape index (κ1) is 5.54. The summed E-state index contributed by atoms with van der Waals surface area (Å²) in [5, 5.41) is 0. The van der Waals surface area contributed by atoms with E-state index in [1.807, 2.05) is 6.20 Å². The molecule has 0 unspecified atom stereocenters. The van der Waals surface area contributed by atoms with E-state index in [0.717, 1.165) is 6.42 Å². The summed E-state index contributed by atoms with van der Waals surface area (Å²) in [4.78, 5) is 4.12. The van der Waals surface area contributed by atoms with Crippen LogP contribution in [0.3, 0.4) is 0 Å². The van der Waals surface area contributed by atoms with Crippen LogP contribution in [0.25, 0.3) is 0 Å². The Morgan fingerprint density at radius 1 is 1.75 bits per heavy atom. The van der Waals surface area contributed by atoms with Gasteiger partial charge in [-0.3, -0.25) is 4.99 Å². The molecule has 0 amide bonds. The van der Waals surface area contributed by atoms with E-state index in [1.165, 1.54) is 5.71 Å². The lowest BCUT2D eigenvalue weighted by Crippen LogP contribution is -2.01. The van der Waals surface area contributed by atoms with Crippen LogP contribution < -0.4 is 0 Å². The van der Waals surface area contributed by atoms with Crippen molar-refractivity contribution in [1.82, 2.24) is 0 Å². The van der Waals surface area contributed by atoms with Gasteiger partial charge >= 0.3 is 0 Å². The molecular weight excluding hydrogens is 98.1 g/mol. The van der Waals surface area contributed by atoms with Crippen molar-refractivity contribution in [2.75, 3.05) is 0 Å². The van der Waals surface area contributed by atoms with Gasteiger partial charge in [-0.05, 0) is 19.3 Å². The molecule has 1 heterocycles. The summed E-state index contributed by atoms with van der Waals surface area (Å²) in [6.45, 7) is 4.27. The maximum Gasteiger partial charge on any atom is 0.0229 e. The summed E-state index contributed by atoms with van der Waals surface area (Å²) in [5.74, 6) is 0.701. The first-order valence-corrected chi connectivity index (χ1v) is 2.99. The minimum atomic E-state index is 0.701. The fraction of sp³-hybridized carbons (Fsp3) is 0.571. The lowest BCUT2D eigenvalue weighted by atomic mass is 10.0. The van der Waals surface area contributed by atoms with Crippen LogP contribution in [0.2, 0.25) is 0 Å². The molecule has 1 aliphatic rings. The molecule has 1 aliphatic heterocycles. The Morgan fingerprint density at radius 2 is 2.50 bits per heavy atom. The number of rotatable bonds is 0.